The third-order valence-corrected chi connectivity index (χ3v) is 7.18. The van der Waals surface area contributed by atoms with Crippen molar-refractivity contribution in [3.05, 3.63) is 76.4 Å². The fraction of sp³-hybridized carbons (Fsp3) is 0.217. The van der Waals surface area contributed by atoms with Crippen molar-refractivity contribution in [3.63, 3.8) is 0 Å². The van der Waals surface area contributed by atoms with E-state index in [9.17, 15) is 26.4 Å². The zero-order chi connectivity index (χ0) is 25.5. The lowest BCUT2D eigenvalue weighted by Crippen LogP contribution is -2.15. The average molecular weight is 524 g/mol. The third-order valence-electron chi connectivity index (χ3n) is 5.19. The predicted molar refractivity (Wildman–Crippen MR) is 126 cm³/mol. The summed E-state index contributed by atoms with van der Waals surface area (Å²) in [6, 6.07) is 11.6. The van der Waals surface area contributed by atoms with Crippen molar-refractivity contribution in [3.8, 4) is 10.8 Å². The molecule has 35 heavy (non-hydrogen) atoms. The lowest BCUT2D eigenvalue weighted by atomic mass is 10.0. The van der Waals surface area contributed by atoms with E-state index in [-0.39, 0.29) is 21.9 Å². The number of thiophene rings is 1. The van der Waals surface area contributed by atoms with Crippen molar-refractivity contribution in [2.45, 2.75) is 25.0 Å². The van der Waals surface area contributed by atoms with Crippen molar-refractivity contribution in [1.29, 1.82) is 0 Å². The minimum Gasteiger partial charge on any atom is -0.484 e. The van der Waals surface area contributed by atoms with Crippen LogP contribution in [0.2, 0.25) is 0 Å². The largest absolute Gasteiger partial charge is 0.484 e. The molecule has 0 aliphatic rings. The van der Waals surface area contributed by atoms with Crippen molar-refractivity contribution >= 4 is 38.1 Å². The number of hydrogen-bond donors (Lipinski definition) is 1. The van der Waals surface area contributed by atoms with Gasteiger partial charge in [-0.15, -0.1) is 11.3 Å². The van der Waals surface area contributed by atoms with Gasteiger partial charge in [0.25, 0.3) is 5.91 Å². The van der Waals surface area contributed by atoms with Gasteiger partial charge in [-0.3, -0.25) is 9.36 Å². The fourth-order valence-electron chi connectivity index (χ4n) is 3.73. The summed E-state index contributed by atoms with van der Waals surface area (Å²) in [4.78, 5) is 16.4. The number of amides is 1. The maximum absolute atomic E-state index is 13.5. The number of imidazole rings is 1. The molecule has 0 spiro atoms. The summed E-state index contributed by atoms with van der Waals surface area (Å²) < 4.78 is 71.2. The first-order valence-corrected chi connectivity index (χ1v) is 13.1. The Bertz CT molecular complexity index is 1520. The van der Waals surface area contributed by atoms with Crippen molar-refractivity contribution in [1.82, 2.24) is 9.55 Å². The number of carbonyl (C=O) groups excluding carboxylic acids is 1. The van der Waals surface area contributed by atoms with Crippen LogP contribution >= 0.6 is 11.3 Å². The van der Waals surface area contributed by atoms with E-state index in [1.807, 2.05) is 0 Å². The molecular formula is C23H20F3N3O4S2. The van der Waals surface area contributed by atoms with Crippen molar-refractivity contribution < 1.29 is 31.1 Å². The first-order valence-electron chi connectivity index (χ1n) is 10.2. The summed E-state index contributed by atoms with van der Waals surface area (Å²) in [7, 11) is -3.26. The smallest absolute Gasteiger partial charge is 0.416 e. The number of rotatable bonds is 7. The Morgan fingerprint density at radius 1 is 1.20 bits per heavy atom. The molecule has 4 aromatic rings. The summed E-state index contributed by atoms with van der Waals surface area (Å²) in [5, 5.41) is 0.476. The van der Waals surface area contributed by atoms with E-state index in [0.29, 0.717) is 21.6 Å². The van der Waals surface area contributed by atoms with E-state index in [4.69, 9.17) is 10.5 Å². The monoisotopic (exact) mass is 523 g/mol. The number of fused-ring (bicyclic) bond motifs is 1. The van der Waals surface area contributed by atoms with Gasteiger partial charge in [-0.25, -0.2) is 13.4 Å². The minimum absolute atomic E-state index is 0.0329. The van der Waals surface area contributed by atoms with Crippen LogP contribution in [0.3, 0.4) is 0 Å². The molecule has 2 aromatic heterocycles. The maximum atomic E-state index is 13.5. The van der Waals surface area contributed by atoms with Gasteiger partial charge in [-0.2, -0.15) is 13.2 Å². The number of benzene rings is 2. The second-order valence-corrected chi connectivity index (χ2v) is 11.2. The molecular weight excluding hydrogens is 503 g/mol. The lowest BCUT2D eigenvalue weighted by Gasteiger charge is -2.19. The van der Waals surface area contributed by atoms with Crippen LogP contribution in [0.1, 0.15) is 39.4 Å². The van der Waals surface area contributed by atoms with E-state index < -0.39 is 33.6 Å². The van der Waals surface area contributed by atoms with Crippen LogP contribution in [-0.2, 0) is 21.8 Å². The first kappa shape index (κ1) is 24.7. The number of carbonyl (C=O) groups is 1. The van der Waals surface area contributed by atoms with Gasteiger partial charge in [0.1, 0.15) is 28.1 Å². The van der Waals surface area contributed by atoms with Crippen LogP contribution in [0.5, 0.6) is 5.75 Å². The highest BCUT2D eigenvalue weighted by molar-refractivity contribution is 7.89. The topological polar surface area (TPSA) is 104 Å². The summed E-state index contributed by atoms with van der Waals surface area (Å²) in [5.41, 5.74) is 6.34. The number of nitrogens with zero attached hydrogens (tertiary/aromatic N) is 2. The van der Waals surface area contributed by atoms with Crippen molar-refractivity contribution in [2.24, 2.45) is 5.73 Å². The molecule has 12 heteroatoms. The van der Waals surface area contributed by atoms with E-state index in [0.717, 1.165) is 23.7 Å². The van der Waals surface area contributed by atoms with Crippen molar-refractivity contribution in [2.75, 3.05) is 6.26 Å². The molecule has 0 saturated carbocycles. The molecule has 7 nitrogen and oxygen atoms in total. The lowest BCUT2D eigenvalue weighted by molar-refractivity contribution is -0.139. The average Bonchev–Trinajstić information content (AvgIpc) is 3.35. The molecule has 1 amide bonds. The predicted octanol–water partition coefficient (Wildman–Crippen LogP) is 4.89. The molecule has 0 bridgehead atoms. The summed E-state index contributed by atoms with van der Waals surface area (Å²) in [6.45, 7) is 1.46. The van der Waals surface area contributed by atoms with Gasteiger partial charge in [0, 0.05) is 17.9 Å². The molecule has 2 heterocycles. The highest BCUT2D eigenvalue weighted by Crippen LogP contribution is 2.39. The van der Waals surface area contributed by atoms with Crippen LogP contribution in [0.25, 0.3) is 16.0 Å². The highest BCUT2D eigenvalue weighted by Gasteiger charge is 2.35. The number of halogens is 3. The minimum atomic E-state index is -4.57. The van der Waals surface area contributed by atoms with E-state index >= 15 is 0 Å². The number of aromatic nitrogens is 2. The van der Waals surface area contributed by atoms with Gasteiger partial charge < -0.3 is 10.5 Å². The second-order valence-electron chi connectivity index (χ2n) is 8.00. The van der Waals surface area contributed by atoms with Crippen LogP contribution in [0, 0.1) is 0 Å². The molecule has 0 radical (unpaired) electrons. The molecule has 1 atom stereocenters. The molecule has 2 aromatic carbocycles. The zero-order valence-electron chi connectivity index (χ0n) is 18.5. The van der Waals surface area contributed by atoms with Gasteiger partial charge >= 0.3 is 6.18 Å². The maximum Gasteiger partial charge on any atom is 0.416 e. The zero-order valence-corrected chi connectivity index (χ0v) is 20.2. The molecule has 0 aliphatic carbocycles. The molecule has 2 N–H and O–H groups in total. The summed E-state index contributed by atoms with van der Waals surface area (Å²) in [6.07, 6.45) is -2.97. The Morgan fingerprint density at radius 3 is 2.57 bits per heavy atom. The summed E-state index contributed by atoms with van der Waals surface area (Å²) in [5.74, 6) is -0.916. The Labute approximate surface area is 202 Å². The Hall–Kier alpha value is -3.38. The van der Waals surface area contributed by atoms with Gasteiger partial charge in [0.05, 0.1) is 22.3 Å². The van der Waals surface area contributed by atoms with Gasteiger partial charge in [-0.05, 0) is 30.7 Å². The summed E-state index contributed by atoms with van der Waals surface area (Å²) >= 11 is 0.989. The van der Waals surface area contributed by atoms with Gasteiger partial charge in [-0.1, -0.05) is 24.3 Å². The Morgan fingerprint density at radius 2 is 1.91 bits per heavy atom. The molecule has 184 valence electrons. The fourth-order valence-corrected chi connectivity index (χ4v) is 5.44. The number of nitrogens with two attached hydrogens (primary N) is 1. The molecule has 0 aliphatic heterocycles. The standard InChI is InChI=1S/C23H20F3N3O4S2/c1-13(15-5-3-4-6-16(15)23(24,25)26)33-19-10-20(34-21(19)22(27)30)29-12-28-17-8-7-14(9-18(17)29)11-35(2,31)32/h3-10,12-13H,11H2,1-2H3,(H2,27,30)/t13-/m0/s1. The van der Waals surface area contributed by atoms with Crippen LogP contribution < -0.4 is 10.5 Å². The van der Waals surface area contributed by atoms with Gasteiger partial charge in [0.15, 0.2) is 9.84 Å². The quantitative estimate of drug-likeness (QED) is 0.372. The normalized spacial score (nSPS) is 13.2. The van der Waals surface area contributed by atoms with Crippen LogP contribution in [0.15, 0.2) is 54.9 Å². The van der Waals surface area contributed by atoms with E-state index in [2.05, 4.69) is 4.98 Å². The number of sulfone groups is 1. The SMILES string of the molecule is C[C@H](Oc1cc(-n2cnc3ccc(CS(C)(=O)=O)cc32)sc1C(N)=O)c1ccccc1C(F)(F)F. The van der Waals surface area contributed by atoms with E-state index in [1.54, 1.807) is 22.8 Å². The highest BCUT2D eigenvalue weighted by atomic mass is 32.2. The van der Waals surface area contributed by atoms with Gasteiger partial charge in [0.2, 0.25) is 0 Å². The number of ether oxygens (including phenoxy) is 1. The first-order chi connectivity index (χ1) is 16.3. The number of primary amides is 1. The van der Waals surface area contributed by atoms with Crippen LogP contribution in [-0.4, -0.2) is 30.1 Å². The Kier molecular flexibility index (Phi) is 6.36. The second kappa shape index (κ2) is 9.00. The van der Waals surface area contributed by atoms with E-state index in [1.165, 1.54) is 37.5 Å². The molecule has 0 fully saturated rings. The van der Waals surface area contributed by atoms with Crippen LogP contribution in [0.4, 0.5) is 13.2 Å². The molecule has 4 rings (SSSR count). The Balaban J connectivity index is 1.73. The third kappa shape index (κ3) is 5.33. The molecule has 0 unspecified atom stereocenters. The number of alkyl halides is 3. The number of hydrogen-bond acceptors (Lipinski definition) is 6. The molecule has 0 saturated heterocycles.